The first-order chi connectivity index (χ1) is 12.5. The van der Waals surface area contributed by atoms with Gasteiger partial charge in [0.05, 0.1) is 17.7 Å². The summed E-state index contributed by atoms with van der Waals surface area (Å²) < 4.78 is 5.19. The highest BCUT2D eigenvalue weighted by atomic mass is 35.5. The van der Waals surface area contributed by atoms with Gasteiger partial charge in [0, 0.05) is 22.6 Å². The number of hydrogen-bond donors (Lipinski definition) is 1. The maximum Gasteiger partial charge on any atom is 0.288 e. The average molecular weight is 390 g/mol. The minimum absolute atomic E-state index is 0.0268. The minimum atomic E-state index is -0.636. The Morgan fingerprint density at radius 1 is 1.31 bits per heavy atom. The predicted octanol–water partition coefficient (Wildman–Crippen LogP) is 4.63. The minimum Gasteiger partial charge on any atom is -0.497 e. The number of nitrogens with zero attached hydrogens (tertiary/aromatic N) is 2. The first kappa shape index (κ1) is 17.8. The molecule has 9 heteroatoms. The van der Waals surface area contributed by atoms with Crippen LogP contribution in [-0.2, 0) is 0 Å². The van der Waals surface area contributed by atoms with Crippen molar-refractivity contribution in [2.24, 2.45) is 0 Å². The first-order valence-corrected chi connectivity index (χ1v) is 8.59. The molecule has 132 valence electrons. The van der Waals surface area contributed by atoms with E-state index in [1.165, 1.54) is 23.5 Å². The Balaban J connectivity index is 1.80. The van der Waals surface area contributed by atoms with E-state index in [-0.39, 0.29) is 16.3 Å². The van der Waals surface area contributed by atoms with Crippen molar-refractivity contribution in [3.63, 3.8) is 0 Å². The third kappa shape index (κ3) is 3.81. The maximum absolute atomic E-state index is 12.3. The van der Waals surface area contributed by atoms with E-state index in [0.29, 0.717) is 16.6 Å². The quantitative estimate of drug-likeness (QED) is 0.507. The number of carbonyl (C=O) groups excluding carboxylic acids is 1. The van der Waals surface area contributed by atoms with Gasteiger partial charge < -0.3 is 4.74 Å². The van der Waals surface area contributed by atoms with Crippen LogP contribution in [0.3, 0.4) is 0 Å². The Hall–Kier alpha value is -2.97. The lowest BCUT2D eigenvalue weighted by Gasteiger charge is -2.03. The molecule has 7 nitrogen and oxygen atoms in total. The maximum atomic E-state index is 12.3. The highest BCUT2D eigenvalue weighted by Crippen LogP contribution is 2.29. The normalized spacial score (nSPS) is 10.4. The van der Waals surface area contributed by atoms with Crippen LogP contribution < -0.4 is 10.1 Å². The Morgan fingerprint density at radius 3 is 2.85 bits per heavy atom. The number of benzene rings is 2. The molecule has 26 heavy (non-hydrogen) atoms. The zero-order valence-corrected chi connectivity index (χ0v) is 15.0. The summed E-state index contributed by atoms with van der Waals surface area (Å²) in [4.78, 5) is 27.0. The predicted molar refractivity (Wildman–Crippen MR) is 100 cm³/mol. The average Bonchev–Trinajstić information content (AvgIpc) is 3.10. The number of aromatic nitrogens is 1. The van der Waals surface area contributed by atoms with Crippen LogP contribution in [0.5, 0.6) is 5.75 Å². The van der Waals surface area contributed by atoms with E-state index >= 15 is 0 Å². The van der Waals surface area contributed by atoms with E-state index in [4.69, 9.17) is 16.3 Å². The van der Waals surface area contributed by atoms with Gasteiger partial charge in [-0.25, -0.2) is 4.98 Å². The largest absolute Gasteiger partial charge is 0.497 e. The van der Waals surface area contributed by atoms with Crippen molar-refractivity contribution in [3.8, 4) is 17.0 Å². The number of nitrogens with one attached hydrogen (secondary N) is 1. The zero-order chi connectivity index (χ0) is 18.7. The third-order valence-electron chi connectivity index (χ3n) is 3.50. The van der Waals surface area contributed by atoms with E-state index in [1.807, 2.05) is 24.3 Å². The molecule has 1 amide bonds. The van der Waals surface area contributed by atoms with Crippen LogP contribution in [0.15, 0.2) is 47.8 Å². The highest BCUT2D eigenvalue weighted by molar-refractivity contribution is 7.14. The number of nitro groups is 1. The van der Waals surface area contributed by atoms with Gasteiger partial charge in [0.25, 0.3) is 11.6 Å². The summed E-state index contributed by atoms with van der Waals surface area (Å²) in [6.45, 7) is 0. The van der Waals surface area contributed by atoms with E-state index < -0.39 is 10.8 Å². The van der Waals surface area contributed by atoms with Crippen LogP contribution in [-0.4, -0.2) is 22.9 Å². The number of hydrogen-bond acceptors (Lipinski definition) is 6. The number of ether oxygens (including phenoxy) is 1. The molecule has 1 N–H and O–H groups in total. The summed E-state index contributed by atoms with van der Waals surface area (Å²) in [6.07, 6.45) is 0. The molecule has 0 bridgehead atoms. The van der Waals surface area contributed by atoms with Crippen LogP contribution in [0.4, 0.5) is 10.8 Å². The van der Waals surface area contributed by atoms with Crippen molar-refractivity contribution in [1.29, 1.82) is 0 Å². The number of thiazole rings is 1. The van der Waals surface area contributed by atoms with Gasteiger partial charge in [0.15, 0.2) is 5.13 Å². The standard InChI is InChI=1S/C17H12ClN3O4S/c1-25-12-4-2-3-10(7-12)14-9-26-17(19-14)20-16(22)11-5-6-13(18)15(8-11)21(23)24/h2-9H,1H3,(H,19,20,22). The zero-order valence-electron chi connectivity index (χ0n) is 13.4. The Kier molecular flexibility index (Phi) is 5.15. The van der Waals surface area contributed by atoms with E-state index in [9.17, 15) is 14.9 Å². The number of carbonyl (C=O) groups is 1. The van der Waals surface area contributed by atoms with Crippen LogP contribution in [0.2, 0.25) is 5.02 Å². The van der Waals surface area contributed by atoms with E-state index in [1.54, 1.807) is 12.5 Å². The monoisotopic (exact) mass is 389 g/mol. The molecule has 0 atom stereocenters. The summed E-state index contributed by atoms with van der Waals surface area (Å²) in [6, 6.07) is 11.3. The highest BCUT2D eigenvalue weighted by Gasteiger charge is 2.17. The van der Waals surface area contributed by atoms with Crippen molar-refractivity contribution < 1.29 is 14.5 Å². The number of amides is 1. The second-order valence-electron chi connectivity index (χ2n) is 5.15. The fraction of sp³-hybridized carbons (Fsp3) is 0.0588. The van der Waals surface area contributed by atoms with Crippen molar-refractivity contribution in [3.05, 3.63) is 68.5 Å². The summed E-state index contributed by atoms with van der Waals surface area (Å²) >= 11 is 7.01. The van der Waals surface area contributed by atoms with E-state index in [0.717, 1.165) is 11.6 Å². The lowest BCUT2D eigenvalue weighted by Crippen LogP contribution is -2.12. The fourth-order valence-electron chi connectivity index (χ4n) is 2.21. The topological polar surface area (TPSA) is 94.4 Å². The van der Waals surface area contributed by atoms with Gasteiger partial charge in [0.1, 0.15) is 10.8 Å². The summed E-state index contributed by atoms with van der Waals surface area (Å²) in [5.41, 5.74) is 1.34. The van der Waals surface area contributed by atoms with Gasteiger partial charge in [-0.3, -0.25) is 20.2 Å². The molecule has 0 unspecified atom stereocenters. The molecule has 0 spiro atoms. The Morgan fingerprint density at radius 2 is 2.12 bits per heavy atom. The van der Waals surface area contributed by atoms with Crippen LogP contribution >= 0.6 is 22.9 Å². The van der Waals surface area contributed by atoms with Gasteiger partial charge in [-0.2, -0.15) is 0 Å². The molecule has 3 rings (SSSR count). The van der Waals surface area contributed by atoms with Crippen LogP contribution in [0.25, 0.3) is 11.3 Å². The molecular formula is C17H12ClN3O4S. The second-order valence-corrected chi connectivity index (χ2v) is 6.41. The van der Waals surface area contributed by atoms with Crippen molar-refractivity contribution in [2.45, 2.75) is 0 Å². The van der Waals surface area contributed by atoms with Crippen molar-refractivity contribution in [2.75, 3.05) is 12.4 Å². The lowest BCUT2D eigenvalue weighted by atomic mass is 10.2. The molecule has 0 fully saturated rings. The molecule has 1 heterocycles. The SMILES string of the molecule is COc1cccc(-c2csc(NC(=O)c3ccc(Cl)c([N+](=O)[O-])c3)n2)c1. The van der Waals surface area contributed by atoms with Gasteiger partial charge in [-0.05, 0) is 24.3 Å². The lowest BCUT2D eigenvalue weighted by molar-refractivity contribution is -0.384. The van der Waals surface area contributed by atoms with Crippen LogP contribution in [0, 0.1) is 10.1 Å². The van der Waals surface area contributed by atoms with Crippen LogP contribution in [0.1, 0.15) is 10.4 Å². The molecule has 0 saturated heterocycles. The molecule has 0 aliphatic heterocycles. The fourth-order valence-corrected chi connectivity index (χ4v) is 3.11. The summed E-state index contributed by atoms with van der Waals surface area (Å²) in [7, 11) is 1.58. The van der Waals surface area contributed by atoms with Gasteiger partial charge >= 0.3 is 0 Å². The molecule has 0 radical (unpaired) electrons. The molecule has 3 aromatic rings. The number of halogens is 1. The number of nitro benzene ring substituents is 1. The second kappa shape index (κ2) is 7.51. The van der Waals surface area contributed by atoms with E-state index in [2.05, 4.69) is 10.3 Å². The smallest absolute Gasteiger partial charge is 0.288 e. The molecule has 2 aromatic carbocycles. The number of methoxy groups -OCH3 is 1. The Bertz CT molecular complexity index is 990. The summed E-state index contributed by atoms with van der Waals surface area (Å²) in [5.74, 6) is 0.200. The summed E-state index contributed by atoms with van der Waals surface area (Å²) in [5, 5.41) is 15.7. The van der Waals surface area contributed by atoms with Crippen molar-refractivity contribution >= 4 is 39.7 Å². The van der Waals surface area contributed by atoms with Gasteiger partial charge in [-0.15, -0.1) is 11.3 Å². The molecule has 0 aliphatic carbocycles. The molecule has 0 saturated carbocycles. The Labute approximate surface area is 157 Å². The third-order valence-corrected chi connectivity index (χ3v) is 4.57. The first-order valence-electron chi connectivity index (χ1n) is 7.33. The van der Waals surface area contributed by atoms with Crippen molar-refractivity contribution in [1.82, 2.24) is 4.98 Å². The molecular weight excluding hydrogens is 378 g/mol. The molecule has 0 aliphatic rings. The van der Waals surface area contributed by atoms with Gasteiger partial charge in [-0.1, -0.05) is 23.7 Å². The number of anilines is 1. The van der Waals surface area contributed by atoms with Gasteiger partial charge in [0.2, 0.25) is 0 Å². The molecule has 1 aromatic heterocycles. The number of rotatable bonds is 5.